The van der Waals surface area contributed by atoms with Gasteiger partial charge in [-0.2, -0.15) is 0 Å². The van der Waals surface area contributed by atoms with Crippen molar-refractivity contribution < 1.29 is 4.79 Å². The first-order chi connectivity index (χ1) is 10.6. The number of nitrogens with one attached hydrogen (secondary N) is 2. The number of rotatable bonds is 4. The number of hydrogen-bond donors (Lipinski definition) is 3. The Morgan fingerprint density at radius 3 is 2.41 bits per heavy atom. The fraction of sp³-hybridized carbons (Fsp3) is 0.529. The molecule has 1 amide bonds. The van der Waals surface area contributed by atoms with E-state index in [1.165, 1.54) is 25.7 Å². The second kappa shape index (κ2) is 7.82. The predicted molar refractivity (Wildman–Crippen MR) is 89.7 cm³/mol. The largest absolute Gasteiger partial charge is 0.366 e. The van der Waals surface area contributed by atoms with Crippen LogP contribution >= 0.6 is 0 Å². The molecule has 0 spiro atoms. The van der Waals surface area contributed by atoms with Crippen LogP contribution in [0.1, 0.15) is 48.5 Å². The van der Waals surface area contributed by atoms with Crippen molar-refractivity contribution in [1.29, 1.82) is 0 Å². The van der Waals surface area contributed by atoms with Gasteiger partial charge in [0.05, 0.1) is 0 Å². The Morgan fingerprint density at radius 1 is 1.23 bits per heavy atom. The first-order valence-electron chi connectivity index (χ1n) is 7.94. The first kappa shape index (κ1) is 16.3. The van der Waals surface area contributed by atoms with E-state index < -0.39 is 5.91 Å². The van der Waals surface area contributed by atoms with E-state index in [4.69, 9.17) is 5.73 Å². The highest BCUT2D eigenvalue weighted by atomic mass is 16.1. The molecule has 0 saturated heterocycles. The molecule has 1 aromatic rings. The number of nitrogens with two attached hydrogens (primary N) is 1. The number of carbonyl (C=O) groups is 1. The van der Waals surface area contributed by atoms with Gasteiger partial charge >= 0.3 is 0 Å². The SMILES string of the molecule is CN=C(NCc1ccc(C(N)=O)cc1)NC1CCC(C)CC1. The fourth-order valence-corrected chi connectivity index (χ4v) is 2.77. The van der Waals surface area contributed by atoms with Gasteiger partial charge in [-0.1, -0.05) is 19.1 Å². The highest BCUT2D eigenvalue weighted by molar-refractivity contribution is 5.92. The summed E-state index contributed by atoms with van der Waals surface area (Å²) in [5, 5.41) is 6.81. The van der Waals surface area contributed by atoms with Crippen molar-refractivity contribution in [3.63, 3.8) is 0 Å². The van der Waals surface area contributed by atoms with Gasteiger partial charge in [0.15, 0.2) is 5.96 Å². The molecule has 5 heteroatoms. The lowest BCUT2D eigenvalue weighted by atomic mass is 9.87. The average molecular weight is 302 g/mol. The Bertz CT molecular complexity index is 516. The van der Waals surface area contributed by atoms with Crippen LogP contribution in [-0.2, 0) is 6.54 Å². The summed E-state index contributed by atoms with van der Waals surface area (Å²) < 4.78 is 0. The average Bonchev–Trinajstić information content (AvgIpc) is 2.53. The minimum atomic E-state index is -0.400. The zero-order chi connectivity index (χ0) is 15.9. The smallest absolute Gasteiger partial charge is 0.248 e. The molecule has 2 rings (SSSR count). The van der Waals surface area contributed by atoms with E-state index in [-0.39, 0.29) is 0 Å². The van der Waals surface area contributed by atoms with Crippen molar-refractivity contribution in [2.24, 2.45) is 16.6 Å². The van der Waals surface area contributed by atoms with Gasteiger partial charge in [0, 0.05) is 25.2 Å². The van der Waals surface area contributed by atoms with Gasteiger partial charge in [-0.05, 0) is 49.3 Å². The van der Waals surface area contributed by atoms with Gasteiger partial charge in [0.25, 0.3) is 0 Å². The van der Waals surface area contributed by atoms with Crippen LogP contribution in [0.5, 0.6) is 0 Å². The molecule has 1 saturated carbocycles. The lowest BCUT2D eigenvalue weighted by molar-refractivity contribution is 0.100. The maximum absolute atomic E-state index is 11.0. The summed E-state index contributed by atoms with van der Waals surface area (Å²) in [4.78, 5) is 15.3. The summed E-state index contributed by atoms with van der Waals surface area (Å²) in [6.45, 7) is 2.99. The quantitative estimate of drug-likeness (QED) is 0.588. The van der Waals surface area contributed by atoms with Crippen molar-refractivity contribution in [3.8, 4) is 0 Å². The standard InChI is InChI=1S/C17H26N4O/c1-12-3-9-15(10-4-12)21-17(19-2)20-11-13-5-7-14(8-6-13)16(18)22/h5-8,12,15H,3-4,9-11H2,1-2H3,(H2,18,22)(H2,19,20,21). The zero-order valence-corrected chi connectivity index (χ0v) is 13.4. The van der Waals surface area contributed by atoms with Crippen LogP contribution in [0.15, 0.2) is 29.3 Å². The Morgan fingerprint density at radius 2 is 1.86 bits per heavy atom. The molecular weight excluding hydrogens is 276 g/mol. The van der Waals surface area contributed by atoms with Gasteiger partial charge in [0.1, 0.15) is 0 Å². The Kier molecular flexibility index (Phi) is 5.81. The van der Waals surface area contributed by atoms with Gasteiger partial charge in [-0.15, -0.1) is 0 Å². The van der Waals surface area contributed by atoms with Crippen molar-refractivity contribution >= 4 is 11.9 Å². The number of benzene rings is 1. The van der Waals surface area contributed by atoms with Crippen LogP contribution in [0.2, 0.25) is 0 Å². The summed E-state index contributed by atoms with van der Waals surface area (Å²) in [7, 11) is 1.79. The molecule has 0 bridgehead atoms. The fourth-order valence-electron chi connectivity index (χ4n) is 2.77. The molecule has 1 aliphatic rings. The highest BCUT2D eigenvalue weighted by Gasteiger charge is 2.18. The Balaban J connectivity index is 1.82. The second-order valence-corrected chi connectivity index (χ2v) is 6.09. The van der Waals surface area contributed by atoms with Gasteiger partial charge in [0.2, 0.25) is 5.91 Å². The number of hydrogen-bond acceptors (Lipinski definition) is 2. The molecule has 0 aromatic heterocycles. The molecule has 0 atom stereocenters. The molecule has 120 valence electrons. The monoisotopic (exact) mass is 302 g/mol. The molecule has 1 fully saturated rings. The van der Waals surface area contributed by atoms with E-state index >= 15 is 0 Å². The van der Waals surface area contributed by atoms with E-state index in [0.717, 1.165) is 17.4 Å². The molecule has 4 N–H and O–H groups in total. The molecule has 22 heavy (non-hydrogen) atoms. The summed E-state index contributed by atoms with van der Waals surface area (Å²) in [6, 6.07) is 7.82. The zero-order valence-electron chi connectivity index (χ0n) is 13.4. The van der Waals surface area contributed by atoms with Crippen molar-refractivity contribution in [3.05, 3.63) is 35.4 Å². The summed E-state index contributed by atoms with van der Waals surface area (Å²) in [5.41, 5.74) is 6.86. The number of guanidine groups is 1. The predicted octanol–water partition coefficient (Wildman–Crippen LogP) is 2.03. The lowest BCUT2D eigenvalue weighted by Gasteiger charge is -2.28. The number of carbonyl (C=O) groups excluding carboxylic acids is 1. The van der Waals surface area contributed by atoms with Crippen molar-refractivity contribution in [2.75, 3.05) is 7.05 Å². The summed E-state index contributed by atoms with van der Waals surface area (Å²) in [5.74, 6) is 1.28. The Labute approximate surface area is 132 Å². The van der Waals surface area contributed by atoms with Crippen molar-refractivity contribution in [1.82, 2.24) is 10.6 Å². The third-order valence-electron chi connectivity index (χ3n) is 4.28. The van der Waals surface area contributed by atoms with Crippen LogP contribution < -0.4 is 16.4 Å². The molecule has 5 nitrogen and oxygen atoms in total. The van der Waals surface area contributed by atoms with Gasteiger partial charge in [-0.3, -0.25) is 9.79 Å². The van der Waals surface area contributed by atoms with Gasteiger partial charge < -0.3 is 16.4 Å². The molecule has 1 aliphatic carbocycles. The van der Waals surface area contributed by atoms with Gasteiger partial charge in [-0.25, -0.2) is 0 Å². The maximum Gasteiger partial charge on any atom is 0.248 e. The molecule has 0 unspecified atom stereocenters. The van der Waals surface area contributed by atoms with Crippen LogP contribution in [0.4, 0.5) is 0 Å². The second-order valence-electron chi connectivity index (χ2n) is 6.09. The van der Waals surface area contributed by atoms with E-state index in [1.807, 2.05) is 12.1 Å². The Hall–Kier alpha value is -2.04. The van der Waals surface area contributed by atoms with Crippen LogP contribution in [-0.4, -0.2) is 25.0 Å². The topological polar surface area (TPSA) is 79.5 Å². The number of aliphatic imine (C=N–C) groups is 1. The third kappa shape index (κ3) is 4.76. The van der Waals surface area contributed by atoms with E-state index in [0.29, 0.717) is 18.2 Å². The lowest BCUT2D eigenvalue weighted by Crippen LogP contribution is -2.44. The normalized spacial score (nSPS) is 22.2. The molecule has 0 heterocycles. The van der Waals surface area contributed by atoms with Crippen LogP contribution in [0, 0.1) is 5.92 Å². The number of nitrogens with zero attached hydrogens (tertiary/aromatic N) is 1. The molecule has 0 radical (unpaired) electrons. The number of primary amides is 1. The highest BCUT2D eigenvalue weighted by Crippen LogP contribution is 2.23. The minimum Gasteiger partial charge on any atom is -0.366 e. The third-order valence-corrected chi connectivity index (χ3v) is 4.28. The minimum absolute atomic E-state index is 0.400. The van der Waals surface area contributed by atoms with Crippen LogP contribution in [0.25, 0.3) is 0 Å². The summed E-state index contributed by atoms with van der Waals surface area (Å²) >= 11 is 0. The summed E-state index contributed by atoms with van der Waals surface area (Å²) in [6.07, 6.45) is 4.97. The van der Waals surface area contributed by atoms with Crippen LogP contribution in [0.3, 0.4) is 0 Å². The number of amides is 1. The molecular formula is C17H26N4O. The maximum atomic E-state index is 11.0. The van der Waals surface area contributed by atoms with E-state index in [1.54, 1.807) is 19.2 Å². The molecule has 1 aromatic carbocycles. The van der Waals surface area contributed by atoms with Crippen molar-refractivity contribution in [2.45, 2.75) is 45.2 Å². The molecule has 0 aliphatic heterocycles. The first-order valence-corrected chi connectivity index (χ1v) is 7.94. The van der Waals surface area contributed by atoms with E-state index in [9.17, 15) is 4.79 Å². The van der Waals surface area contributed by atoms with E-state index in [2.05, 4.69) is 22.5 Å².